The van der Waals surface area contributed by atoms with E-state index in [0.717, 1.165) is 50.1 Å². The fourth-order valence-electron chi connectivity index (χ4n) is 10.1. The quantitative estimate of drug-likeness (QED) is 0.452. The van der Waals surface area contributed by atoms with Gasteiger partial charge in [-0.25, -0.2) is 4.98 Å². The van der Waals surface area contributed by atoms with Gasteiger partial charge in [0.05, 0.1) is 17.9 Å². The third-order valence-corrected chi connectivity index (χ3v) is 13.2. The number of nitrogens with zero attached hydrogens (tertiary/aromatic N) is 1. The van der Waals surface area contributed by atoms with Gasteiger partial charge < -0.3 is 15.5 Å². The normalized spacial score (nSPS) is 44.3. The first-order valence-corrected chi connectivity index (χ1v) is 15.7. The van der Waals surface area contributed by atoms with Crippen molar-refractivity contribution in [3.63, 3.8) is 0 Å². The lowest BCUT2D eigenvalue weighted by atomic mass is 9.43. The van der Waals surface area contributed by atoms with Gasteiger partial charge in [-0.05, 0) is 123 Å². The van der Waals surface area contributed by atoms with Crippen LogP contribution in [0.15, 0.2) is 0 Å². The maximum atomic E-state index is 12.8. The predicted molar refractivity (Wildman–Crippen MR) is 144 cm³/mol. The summed E-state index contributed by atoms with van der Waals surface area (Å²) >= 11 is 1.65. The Morgan fingerprint density at radius 1 is 1.11 bits per heavy atom. The second-order valence-electron chi connectivity index (χ2n) is 13.7. The van der Waals surface area contributed by atoms with Gasteiger partial charge in [0.15, 0.2) is 5.13 Å². The average Bonchev–Trinajstić information content (AvgIpc) is 3.53. The molecule has 1 heterocycles. The molecule has 0 aromatic carbocycles. The number of rotatable bonds is 5. The van der Waals surface area contributed by atoms with Crippen LogP contribution in [0.3, 0.4) is 0 Å². The zero-order valence-electron chi connectivity index (χ0n) is 22.5. The van der Waals surface area contributed by atoms with Crippen molar-refractivity contribution in [3.8, 4) is 0 Å². The summed E-state index contributed by atoms with van der Waals surface area (Å²) in [6.07, 6.45) is 13.2. The number of amides is 1. The molecule has 5 nitrogen and oxygen atoms in total. The van der Waals surface area contributed by atoms with Crippen molar-refractivity contribution in [1.29, 1.82) is 0 Å². The van der Waals surface area contributed by atoms with E-state index in [4.69, 9.17) is 0 Å². The van der Waals surface area contributed by atoms with E-state index >= 15 is 0 Å². The van der Waals surface area contributed by atoms with Crippen LogP contribution in [0.1, 0.15) is 102 Å². The lowest BCUT2D eigenvalue weighted by molar-refractivity contribution is -0.174. The van der Waals surface area contributed by atoms with Gasteiger partial charge in [-0.3, -0.25) is 4.79 Å². The molecule has 0 aliphatic heterocycles. The van der Waals surface area contributed by atoms with Gasteiger partial charge in [0.1, 0.15) is 0 Å². The van der Waals surface area contributed by atoms with Crippen LogP contribution < -0.4 is 5.32 Å². The van der Waals surface area contributed by atoms with Gasteiger partial charge in [0.25, 0.3) is 0 Å². The summed E-state index contributed by atoms with van der Waals surface area (Å²) in [4.78, 5) is 18.7. The topological polar surface area (TPSA) is 82.5 Å². The highest BCUT2D eigenvalue weighted by Crippen LogP contribution is 2.68. The van der Waals surface area contributed by atoms with Gasteiger partial charge >= 0.3 is 0 Å². The Balaban J connectivity index is 1.10. The highest BCUT2D eigenvalue weighted by atomic mass is 32.1. The van der Waals surface area contributed by atoms with E-state index < -0.39 is 0 Å². The Hall–Kier alpha value is -0.980. The van der Waals surface area contributed by atoms with Crippen LogP contribution in [0.2, 0.25) is 0 Å². The number of aromatic nitrogens is 1. The second-order valence-corrected chi connectivity index (χ2v) is 14.8. The highest BCUT2D eigenvalue weighted by molar-refractivity contribution is 7.15. The van der Waals surface area contributed by atoms with Crippen molar-refractivity contribution in [2.24, 2.45) is 46.3 Å². The van der Waals surface area contributed by atoms with E-state index in [-0.39, 0.29) is 28.9 Å². The minimum Gasteiger partial charge on any atom is -0.393 e. The molecule has 0 saturated heterocycles. The predicted octanol–water partition coefficient (Wildman–Crippen LogP) is 5.98. The van der Waals surface area contributed by atoms with Crippen LogP contribution in [-0.2, 0) is 17.6 Å². The molecule has 1 amide bonds. The summed E-state index contributed by atoms with van der Waals surface area (Å²) in [5, 5.41) is 25.9. The number of thiazole rings is 1. The van der Waals surface area contributed by atoms with Crippen molar-refractivity contribution in [2.45, 2.75) is 116 Å². The van der Waals surface area contributed by atoms with E-state index in [1.807, 2.05) is 0 Å². The first-order chi connectivity index (χ1) is 17.2. The van der Waals surface area contributed by atoms with E-state index in [1.165, 1.54) is 42.7 Å². The van der Waals surface area contributed by atoms with Gasteiger partial charge in [-0.1, -0.05) is 20.8 Å². The minimum absolute atomic E-state index is 0.0372. The lowest BCUT2D eigenvalue weighted by Crippen LogP contribution is -2.58. The van der Waals surface area contributed by atoms with Crippen LogP contribution in [-0.4, -0.2) is 33.3 Å². The second kappa shape index (κ2) is 9.34. The number of nitrogens with one attached hydrogen (secondary N) is 1. The van der Waals surface area contributed by atoms with Gasteiger partial charge in [0, 0.05) is 11.3 Å². The molecule has 0 unspecified atom stereocenters. The molecule has 0 spiro atoms. The van der Waals surface area contributed by atoms with Crippen molar-refractivity contribution < 1.29 is 15.0 Å². The summed E-state index contributed by atoms with van der Waals surface area (Å²) in [5.74, 6) is 3.51. The van der Waals surface area contributed by atoms with E-state index in [0.29, 0.717) is 41.9 Å². The number of aliphatic hydroxyl groups excluding tert-OH is 2. The molecular weight excluding hydrogens is 468 g/mol. The molecule has 6 rings (SSSR count). The van der Waals surface area contributed by atoms with Crippen molar-refractivity contribution in [3.05, 3.63) is 10.6 Å². The minimum atomic E-state index is -0.257. The Kier molecular flexibility index (Phi) is 6.57. The fraction of sp³-hybridized carbons (Fsp3) is 0.867. The van der Waals surface area contributed by atoms with Crippen LogP contribution in [0.5, 0.6) is 0 Å². The van der Waals surface area contributed by atoms with Crippen molar-refractivity contribution in [2.75, 3.05) is 5.32 Å². The molecule has 1 aromatic heterocycles. The number of carbonyl (C=O) groups is 1. The standard InChI is InChI=1S/C30H46N2O3S/c1-17(7-12-27(35)32-28-31-24-5-4-6-25(24)36-28)21-10-11-22-20-9-8-18-15-19(33)13-14-29(18,2)23(20)16-26(34)30(21,22)3/h17-23,26,33-34H,4-16H2,1-3H3,(H,31,32,35)/t17-,18-,19-,20+,21-,22+,23+,26+,29+,30-/m1/s1. The maximum Gasteiger partial charge on any atom is 0.226 e. The summed E-state index contributed by atoms with van der Waals surface area (Å²) in [6.45, 7) is 7.20. The molecule has 4 fully saturated rings. The van der Waals surface area contributed by atoms with Crippen LogP contribution in [0.4, 0.5) is 5.13 Å². The van der Waals surface area contributed by atoms with E-state index in [1.54, 1.807) is 11.3 Å². The highest BCUT2D eigenvalue weighted by Gasteiger charge is 2.63. The molecule has 1 aromatic rings. The maximum absolute atomic E-state index is 12.8. The van der Waals surface area contributed by atoms with Gasteiger partial charge in [-0.15, -0.1) is 11.3 Å². The smallest absolute Gasteiger partial charge is 0.226 e. The number of fused-ring (bicyclic) bond motifs is 6. The Morgan fingerprint density at radius 3 is 2.75 bits per heavy atom. The molecule has 6 heteroatoms. The molecule has 5 aliphatic carbocycles. The van der Waals surface area contributed by atoms with Crippen molar-refractivity contribution >= 4 is 22.4 Å². The molecule has 0 bridgehead atoms. The summed E-state index contributed by atoms with van der Waals surface area (Å²) in [5.41, 5.74) is 1.43. The number of anilines is 1. The SMILES string of the molecule is C[C@H](CCC(=O)Nc1nc2c(s1)CCC2)[C@H]1CC[C@H]2[C@@H]3CC[C@@H]4C[C@H](O)CC[C@]4(C)[C@H]3C[C@H](O)[C@]12C. The Labute approximate surface area is 220 Å². The lowest BCUT2D eigenvalue weighted by Gasteiger charge is -2.62. The third kappa shape index (κ3) is 4.00. The van der Waals surface area contributed by atoms with Gasteiger partial charge in [0.2, 0.25) is 5.91 Å². The number of aryl methyl sites for hydroxylation is 2. The summed E-state index contributed by atoms with van der Waals surface area (Å²) in [7, 11) is 0. The zero-order valence-corrected chi connectivity index (χ0v) is 23.3. The third-order valence-electron chi connectivity index (χ3n) is 12.2. The molecule has 5 aliphatic rings. The van der Waals surface area contributed by atoms with Crippen LogP contribution >= 0.6 is 11.3 Å². The van der Waals surface area contributed by atoms with E-state index in [2.05, 4.69) is 31.1 Å². The number of hydrogen-bond acceptors (Lipinski definition) is 5. The molecular formula is C30H46N2O3S. The molecule has 10 atom stereocenters. The zero-order chi connectivity index (χ0) is 25.2. The molecule has 3 N–H and O–H groups in total. The van der Waals surface area contributed by atoms with Crippen LogP contribution in [0, 0.1) is 46.3 Å². The fourth-order valence-corrected chi connectivity index (χ4v) is 11.2. The molecule has 4 saturated carbocycles. The Morgan fingerprint density at radius 2 is 1.94 bits per heavy atom. The first kappa shape index (κ1) is 25.3. The average molecular weight is 515 g/mol. The molecule has 0 radical (unpaired) electrons. The van der Waals surface area contributed by atoms with E-state index in [9.17, 15) is 15.0 Å². The number of carbonyl (C=O) groups excluding carboxylic acids is 1. The Bertz CT molecular complexity index is 973. The van der Waals surface area contributed by atoms with Gasteiger partial charge in [-0.2, -0.15) is 0 Å². The number of hydrogen-bond donors (Lipinski definition) is 3. The van der Waals surface area contributed by atoms with Crippen molar-refractivity contribution in [1.82, 2.24) is 4.98 Å². The molecule has 200 valence electrons. The summed E-state index contributed by atoms with van der Waals surface area (Å²) in [6, 6.07) is 0. The van der Waals surface area contributed by atoms with Crippen LogP contribution in [0.25, 0.3) is 0 Å². The largest absolute Gasteiger partial charge is 0.393 e. The first-order valence-electron chi connectivity index (χ1n) is 14.8. The molecule has 36 heavy (non-hydrogen) atoms. The monoisotopic (exact) mass is 514 g/mol. The summed E-state index contributed by atoms with van der Waals surface area (Å²) < 4.78 is 0. The number of aliphatic hydroxyl groups is 2.